The van der Waals surface area contributed by atoms with Crippen LogP contribution in [-0.2, 0) is 16.1 Å². The molecule has 0 aliphatic rings. The van der Waals surface area contributed by atoms with Gasteiger partial charge in [-0.2, -0.15) is 0 Å². The summed E-state index contributed by atoms with van der Waals surface area (Å²) in [5.41, 5.74) is 3.68. The van der Waals surface area contributed by atoms with Gasteiger partial charge in [0.1, 0.15) is 6.04 Å². The molecule has 1 atom stereocenters. The molecule has 100 valence electrons. The van der Waals surface area contributed by atoms with Gasteiger partial charge in [-0.1, -0.05) is 43.2 Å². The average Bonchev–Trinajstić information content (AvgIpc) is 2.27. The van der Waals surface area contributed by atoms with E-state index in [-0.39, 0.29) is 17.9 Å². The van der Waals surface area contributed by atoms with Crippen molar-refractivity contribution >= 4 is 5.97 Å². The van der Waals surface area contributed by atoms with Gasteiger partial charge in [0.2, 0.25) is 0 Å². The van der Waals surface area contributed by atoms with Crippen molar-refractivity contribution in [3.05, 3.63) is 34.9 Å². The summed E-state index contributed by atoms with van der Waals surface area (Å²) in [5, 5.41) is 3.27. The van der Waals surface area contributed by atoms with Gasteiger partial charge in [0, 0.05) is 6.54 Å². The minimum Gasteiger partial charge on any atom is -0.468 e. The number of ether oxygens (including phenoxy) is 1. The Morgan fingerprint density at radius 1 is 1.22 bits per heavy atom. The molecular formula is C15H23NO2. The molecule has 1 rings (SSSR count). The van der Waals surface area contributed by atoms with E-state index >= 15 is 0 Å². The highest BCUT2D eigenvalue weighted by Crippen LogP contribution is 2.10. The van der Waals surface area contributed by atoms with Crippen LogP contribution in [0, 0.1) is 19.8 Å². The molecular weight excluding hydrogens is 226 g/mol. The monoisotopic (exact) mass is 249 g/mol. The fourth-order valence-corrected chi connectivity index (χ4v) is 2.12. The number of carbonyl (C=O) groups is 1. The molecule has 1 aromatic rings. The fraction of sp³-hybridized carbons (Fsp3) is 0.533. The van der Waals surface area contributed by atoms with E-state index in [2.05, 4.69) is 37.4 Å². The number of methoxy groups -OCH3 is 1. The Hall–Kier alpha value is -1.35. The molecule has 0 spiro atoms. The normalized spacial score (nSPS) is 12.6. The standard InChI is InChI=1S/C15H23NO2/c1-10(2)14(15(17)18-5)16-9-13-7-11(3)6-12(4)8-13/h6-8,10,14,16H,9H2,1-5H3. The van der Waals surface area contributed by atoms with E-state index in [1.807, 2.05) is 13.8 Å². The molecule has 0 amide bonds. The molecule has 0 heterocycles. The van der Waals surface area contributed by atoms with Crippen molar-refractivity contribution in [1.29, 1.82) is 0 Å². The van der Waals surface area contributed by atoms with Crippen LogP contribution in [0.3, 0.4) is 0 Å². The number of rotatable bonds is 5. The van der Waals surface area contributed by atoms with Crippen LogP contribution in [-0.4, -0.2) is 19.1 Å². The summed E-state index contributed by atoms with van der Waals surface area (Å²) in [6.45, 7) is 8.86. The maximum Gasteiger partial charge on any atom is 0.323 e. The summed E-state index contributed by atoms with van der Waals surface area (Å²) < 4.78 is 4.81. The SMILES string of the molecule is COC(=O)C(NCc1cc(C)cc(C)c1)C(C)C. The van der Waals surface area contributed by atoms with Gasteiger partial charge in [-0.3, -0.25) is 4.79 Å². The number of esters is 1. The van der Waals surface area contributed by atoms with Crippen molar-refractivity contribution in [3.8, 4) is 0 Å². The molecule has 1 N–H and O–H groups in total. The van der Waals surface area contributed by atoms with Crippen molar-refractivity contribution in [2.45, 2.75) is 40.3 Å². The predicted molar refractivity (Wildman–Crippen MR) is 73.4 cm³/mol. The third-order valence-electron chi connectivity index (χ3n) is 2.93. The second kappa shape index (κ2) is 6.55. The molecule has 0 aliphatic carbocycles. The highest BCUT2D eigenvalue weighted by molar-refractivity contribution is 5.75. The molecule has 0 bridgehead atoms. The first-order valence-corrected chi connectivity index (χ1v) is 6.32. The third kappa shape index (κ3) is 4.15. The first-order valence-electron chi connectivity index (χ1n) is 6.32. The van der Waals surface area contributed by atoms with E-state index in [0.717, 1.165) is 0 Å². The van der Waals surface area contributed by atoms with Crippen LogP contribution >= 0.6 is 0 Å². The van der Waals surface area contributed by atoms with Crippen LogP contribution in [0.25, 0.3) is 0 Å². The van der Waals surface area contributed by atoms with Crippen molar-refractivity contribution in [2.24, 2.45) is 5.92 Å². The highest BCUT2D eigenvalue weighted by atomic mass is 16.5. The Morgan fingerprint density at radius 3 is 2.22 bits per heavy atom. The van der Waals surface area contributed by atoms with Crippen molar-refractivity contribution in [1.82, 2.24) is 5.32 Å². The molecule has 0 saturated heterocycles. The van der Waals surface area contributed by atoms with Gasteiger partial charge in [-0.25, -0.2) is 0 Å². The van der Waals surface area contributed by atoms with E-state index in [1.54, 1.807) is 0 Å². The smallest absolute Gasteiger partial charge is 0.323 e. The third-order valence-corrected chi connectivity index (χ3v) is 2.93. The van der Waals surface area contributed by atoms with Gasteiger partial charge >= 0.3 is 5.97 Å². The van der Waals surface area contributed by atoms with Crippen molar-refractivity contribution in [2.75, 3.05) is 7.11 Å². The van der Waals surface area contributed by atoms with E-state index < -0.39 is 0 Å². The average molecular weight is 249 g/mol. The minimum atomic E-state index is -0.254. The van der Waals surface area contributed by atoms with E-state index in [0.29, 0.717) is 6.54 Å². The zero-order valence-corrected chi connectivity index (χ0v) is 11.9. The first kappa shape index (κ1) is 14.7. The molecule has 1 unspecified atom stereocenters. The number of aryl methyl sites for hydroxylation is 2. The Morgan fingerprint density at radius 2 is 1.78 bits per heavy atom. The molecule has 18 heavy (non-hydrogen) atoms. The second-order valence-electron chi connectivity index (χ2n) is 5.12. The summed E-state index contributed by atoms with van der Waals surface area (Å²) in [5.74, 6) is 0.0118. The van der Waals surface area contributed by atoms with E-state index in [1.165, 1.54) is 23.8 Å². The largest absolute Gasteiger partial charge is 0.468 e. The molecule has 0 saturated carbocycles. The Labute approximate surface area is 110 Å². The first-order chi connectivity index (χ1) is 8.43. The van der Waals surface area contributed by atoms with Gasteiger partial charge in [-0.15, -0.1) is 0 Å². The number of hydrogen-bond acceptors (Lipinski definition) is 3. The lowest BCUT2D eigenvalue weighted by atomic mass is 10.0. The quantitative estimate of drug-likeness (QED) is 0.815. The summed E-state index contributed by atoms with van der Waals surface area (Å²) in [6.07, 6.45) is 0. The fourth-order valence-electron chi connectivity index (χ4n) is 2.12. The lowest BCUT2D eigenvalue weighted by Crippen LogP contribution is -2.41. The molecule has 0 fully saturated rings. The zero-order chi connectivity index (χ0) is 13.7. The molecule has 3 nitrogen and oxygen atoms in total. The Bertz CT molecular complexity index is 393. The Kier molecular flexibility index (Phi) is 5.35. The second-order valence-corrected chi connectivity index (χ2v) is 5.12. The molecule has 3 heteroatoms. The van der Waals surface area contributed by atoms with E-state index in [9.17, 15) is 4.79 Å². The molecule has 0 radical (unpaired) electrons. The van der Waals surface area contributed by atoms with Gasteiger partial charge < -0.3 is 10.1 Å². The van der Waals surface area contributed by atoms with Crippen LogP contribution in [0.5, 0.6) is 0 Å². The van der Waals surface area contributed by atoms with Crippen LogP contribution < -0.4 is 5.32 Å². The highest BCUT2D eigenvalue weighted by Gasteiger charge is 2.21. The van der Waals surface area contributed by atoms with Crippen molar-refractivity contribution < 1.29 is 9.53 Å². The maximum atomic E-state index is 11.6. The number of hydrogen-bond donors (Lipinski definition) is 1. The predicted octanol–water partition coefficient (Wildman–Crippen LogP) is 2.59. The van der Waals surface area contributed by atoms with Crippen LogP contribution in [0.15, 0.2) is 18.2 Å². The van der Waals surface area contributed by atoms with Gasteiger partial charge in [0.15, 0.2) is 0 Å². The van der Waals surface area contributed by atoms with E-state index in [4.69, 9.17) is 4.74 Å². The summed E-state index contributed by atoms with van der Waals surface area (Å²) in [6, 6.07) is 6.16. The maximum absolute atomic E-state index is 11.6. The van der Waals surface area contributed by atoms with Gasteiger partial charge in [-0.05, 0) is 25.3 Å². The lowest BCUT2D eigenvalue weighted by molar-refractivity contribution is -0.144. The van der Waals surface area contributed by atoms with Crippen LogP contribution in [0.1, 0.15) is 30.5 Å². The minimum absolute atomic E-state index is 0.200. The molecule has 0 aromatic heterocycles. The number of nitrogens with one attached hydrogen (secondary N) is 1. The zero-order valence-electron chi connectivity index (χ0n) is 11.9. The molecule has 0 aliphatic heterocycles. The van der Waals surface area contributed by atoms with Crippen LogP contribution in [0.4, 0.5) is 0 Å². The Balaban J connectivity index is 2.69. The summed E-state index contributed by atoms with van der Waals surface area (Å²) in [4.78, 5) is 11.6. The van der Waals surface area contributed by atoms with Crippen LogP contribution in [0.2, 0.25) is 0 Å². The summed E-state index contributed by atoms with van der Waals surface area (Å²) >= 11 is 0. The lowest BCUT2D eigenvalue weighted by Gasteiger charge is -2.20. The topological polar surface area (TPSA) is 38.3 Å². The number of benzene rings is 1. The van der Waals surface area contributed by atoms with Crippen molar-refractivity contribution in [3.63, 3.8) is 0 Å². The molecule has 1 aromatic carbocycles. The number of carbonyl (C=O) groups excluding carboxylic acids is 1. The van der Waals surface area contributed by atoms with Gasteiger partial charge in [0.25, 0.3) is 0 Å². The summed E-state index contributed by atoms with van der Waals surface area (Å²) in [7, 11) is 1.43. The van der Waals surface area contributed by atoms with Gasteiger partial charge in [0.05, 0.1) is 7.11 Å².